The molecule has 1 aliphatic heterocycles. The first-order valence-corrected chi connectivity index (χ1v) is 11.1. The highest BCUT2D eigenvalue weighted by Crippen LogP contribution is 2.15. The molecule has 1 aliphatic rings. The SMILES string of the molecule is CCNC(=NCc1ccc(C(=O)N2CC(C)OC(C)C2)cc1)NCc1ccc(C)cc1.I. The number of rotatable bonds is 6. The van der Waals surface area contributed by atoms with Gasteiger partial charge in [-0.3, -0.25) is 4.79 Å². The number of hydrogen-bond acceptors (Lipinski definition) is 3. The van der Waals surface area contributed by atoms with Crippen LogP contribution in [0.5, 0.6) is 0 Å². The lowest BCUT2D eigenvalue weighted by atomic mass is 10.1. The number of carbonyl (C=O) groups excluding carboxylic acids is 1. The molecule has 0 aromatic heterocycles. The number of ether oxygens (including phenoxy) is 1. The number of amides is 1. The van der Waals surface area contributed by atoms with E-state index in [1.54, 1.807) is 0 Å². The first-order chi connectivity index (χ1) is 14.9. The molecule has 0 radical (unpaired) electrons. The number of aryl methyl sites for hydroxylation is 1. The van der Waals surface area contributed by atoms with E-state index in [1.807, 2.05) is 43.0 Å². The summed E-state index contributed by atoms with van der Waals surface area (Å²) < 4.78 is 5.73. The highest BCUT2D eigenvalue weighted by molar-refractivity contribution is 14.0. The predicted molar refractivity (Wildman–Crippen MR) is 141 cm³/mol. The third-order valence-electron chi connectivity index (χ3n) is 5.25. The monoisotopic (exact) mass is 550 g/mol. The van der Waals surface area contributed by atoms with Crippen LogP contribution >= 0.6 is 24.0 Å². The van der Waals surface area contributed by atoms with E-state index >= 15 is 0 Å². The Kier molecular flexibility index (Phi) is 10.4. The summed E-state index contributed by atoms with van der Waals surface area (Å²) in [4.78, 5) is 19.4. The van der Waals surface area contributed by atoms with Crippen molar-refractivity contribution >= 4 is 35.8 Å². The lowest BCUT2D eigenvalue weighted by Crippen LogP contribution is -2.48. The van der Waals surface area contributed by atoms with Gasteiger partial charge in [0.05, 0.1) is 18.8 Å². The first kappa shape index (κ1) is 26.1. The van der Waals surface area contributed by atoms with Crippen LogP contribution in [0.4, 0.5) is 0 Å². The summed E-state index contributed by atoms with van der Waals surface area (Å²) in [6.07, 6.45) is 0.136. The van der Waals surface area contributed by atoms with Crippen LogP contribution in [0.2, 0.25) is 0 Å². The van der Waals surface area contributed by atoms with Crippen LogP contribution in [0.25, 0.3) is 0 Å². The summed E-state index contributed by atoms with van der Waals surface area (Å²) >= 11 is 0. The zero-order valence-corrected chi connectivity index (χ0v) is 21.8. The van der Waals surface area contributed by atoms with Crippen LogP contribution in [0.15, 0.2) is 53.5 Å². The maximum atomic E-state index is 12.8. The van der Waals surface area contributed by atoms with E-state index in [-0.39, 0.29) is 42.1 Å². The molecule has 1 amide bonds. The fraction of sp³-hybridized carbons (Fsp3) is 0.440. The molecule has 32 heavy (non-hydrogen) atoms. The van der Waals surface area contributed by atoms with Gasteiger partial charge in [-0.15, -0.1) is 24.0 Å². The lowest BCUT2D eigenvalue weighted by Gasteiger charge is -2.35. The van der Waals surface area contributed by atoms with Gasteiger partial charge in [-0.05, 0) is 51.0 Å². The number of aliphatic imine (C=N–C) groups is 1. The number of guanidine groups is 1. The standard InChI is InChI=1S/C25H34N4O2.HI/c1-5-26-25(27-14-21-8-6-18(2)7-9-21)28-15-22-10-12-23(13-11-22)24(30)29-16-19(3)31-20(4)17-29;/h6-13,19-20H,5,14-17H2,1-4H3,(H2,26,27,28);1H. The van der Waals surface area contributed by atoms with Crippen LogP contribution in [-0.4, -0.2) is 48.6 Å². The average molecular weight is 550 g/mol. The van der Waals surface area contributed by atoms with Crippen molar-refractivity contribution in [2.24, 2.45) is 4.99 Å². The second kappa shape index (κ2) is 12.8. The minimum absolute atomic E-state index is 0. The van der Waals surface area contributed by atoms with Crippen molar-refractivity contribution in [3.8, 4) is 0 Å². The van der Waals surface area contributed by atoms with Crippen molar-refractivity contribution < 1.29 is 9.53 Å². The van der Waals surface area contributed by atoms with E-state index in [2.05, 4.69) is 53.7 Å². The molecule has 0 bridgehead atoms. The molecule has 3 rings (SSSR count). The summed E-state index contributed by atoms with van der Waals surface area (Å²) in [5.41, 5.74) is 4.24. The van der Waals surface area contributed by atoms with Gasteiger partial charge in [0.25, 0.3) is 5.91 Å². The molecule has 2 unspecified atom stereocenters. The van der Waals surface area contributed by atoms with E-state index in [1.165, 1.54) is 11.1 Å². The van der Waals surface area contributed by atoms with E-state index in [9.17, 15) is 4.79 Å². The third-order valence-corrected chi connectivity index (χ3v) is 5.25. The molecule has 2 aromatic carbocycles. The van der Waals surface area contributed by atoms with Gasteiger partial charge in [-0.1, -0.05) is 42.0 Å². The maximum absolute atomic E-state index is 12.8. The zero-order chi connectivity index (χ0) is 22.2. The molecule has 174 valence electrons. The van der Waals surface area contributed by atoms with Crippen molar-refractivity contribution in [3.63, 3.8) is 0 Å². The minimum atomic E-state index is 0. The fourth-order valence-electron chi connectivity index (χ4n) is 3.68. The average Bonchev–Trinajstić information content (AvgIpc) is 2.76. The zero-order valence-electron chi connectivity index (χ0n) is 19.4. The number of morpholine rings is 1. The van der Waals surface area contributed by atoms with Crippen LogP contribution in [0.3, 0.4) is 0 Å². The molecule has 0 saturated carbocycles. The summed E-state index contributed by atoms with van der Waals surface area (Å²) in [6, 6.07) is 16.2. The lowest BCUT2D eigenvalue weighted by molar-refractivity contribution is -0.0586. The Morgan fingerprint density at radius 3 is 2.19 bits per heavy atom. The molecule has 0 aliphatic carbocycles. The molecular weight excluding hydrogens is 515 g/mol. The van der Waals surface area contributed by atoms with Crippen molar-refractivity contribution in [1.82, 2.24) is 15.5 Å². The van der Waals surface area contributed by atoms with Gasteiger partial charge in [-0.25, -0.2) is 4.99 Å². The largest absolute Gasteiger partial charge is 0.372 e. The summed E-state index contributed by atoms with van der Waals surface area (Å²) in [5, 5.41) is 6.66. The van der Waals surface area contributed by atoms with E-state index < -0.39 is 0 Å². The molecule has 0 spiro atoms. The number of halogens is 1. The quantitative estimate of drug-likeness (QED) is 0.323. The van der Waals surface area contributed by atoms with Crippen LogP contribution in [-0.2, 0) is 17.8 Å². The molecule has 1 saturated heterocycles. The van der Waals surface area contributed by atoms with E-state index in [4.69, 9.17) is 4.74 Å². The van der Waals surface area contributed by atoms with Gasteiger partial charge in [0.2, 0.25) is 0 Å². The van der Waals surface area contributed by atoms with Gasteiger partial charge in [0, 0.05) is 31.7 Å². The Hall–Kier alpha value is -2.13. The fourth-order valence-corrected chi connectivity index (χ4v) is 3.68. The first-order valence-electron chi connectivity index (χ1n) is 11.1. The smallest absolute Gasteiger partial charge is 0.254 e. The number of nitrogens with zero attached hydrogens (tertiary/aromatic N) is 2. The van der Waals surface area contributed by atoms with Gasteiger partial charge >= 0.3 is 0 Å². The van der Waals surface area contributed by atoms with E-state index in [0.717, 1.165) is 24.6 Å². The number of hydrogen-bond donors (Lipinski definition) is 2. The molecular formula is C25H35IN4O2. The Bertz CT molecular complexity index is 874. The Morgan fingerprint density at radius 1 is 1.00 bits per heavy atom. The normalized spacial score (nSPS) is 18.6. The summed E-state index contributed by atoms with van der Waals surface area (Å²) in [6.45, 7) is 11.5. The molecule has 6 nitrogen and oxygen atoms in total. The van der Waals surface area contributed by atoms with Crippen molar-refractivity contribution in [2.45, 2.75) is 53.0 Å². The molecule has 2 N–H and O–H groups in total. The predicted octanol–water partition coefficient (Wildman–Crippen LogP) is 4.12. The van der Waals surface area contributed by atoms with Gasteiger partial charge in [0.15, 0.2) is 5.96 Å². The van der Waals surface area contributed by atoms with Gasteiger partial charge < -0.3 is 20.3 Å². The Balaban J connectivity index is 0.00000363. The highest BCUT2D eigenvalue weighted by Gasteiger charge is 2.26. The topological polar surface area (TPSA) is 66.0 Å². The number of benzene rings is 2. The molecule has 1 heterocycles. The maximum Gasteiger partial charge on any atom is 0.254 e. The number of nitrogens with one attached hydrogen (secondary N) is 2. The second-order valence-corrected chi connectivity index (χ2v) is 8.20. The third kappa shape index (κ3) is 7.78. The summed E-state index contributed by atoms with van der Waals surface area (Å²) in [7, 11) is 0. The number of carbonyl (C=O) groups is 1. The molecule has 2 aromatic rings. The second-order valence-electron chi connectivity index (χ2n) is 8.20. The Morgan fingerprint density at radius 2 is 1.59 bits per heavy atom. The van der Waals surface area contributed by atoms with Crippen molar-refractivity contribution in [1.29, 1.82) is 0 Å². The van der Waals surface area contributed by atoms with Crippen molar-refractivity contribution in [3.05, 3.63) is 70.8 Å². The van der Waals surface area contributed by atoms with Crippen LogP contribution < -0.4 is 10.6 Å². The molecule has 7 heteroatoms. The van der Waals surface area contributed by atoms with E-state index in [0.29, 0.717) is 25.2 Å². The molecule has 1 fully saturated rings. The van der Waals surface area contributed by atoms with Crippen LogP contribution in [0.1, 0.15) is 47.8 Å². The Labute approximate surface area is 208 Å². The molecule has 2 atom stereocenters. The van der Waals surface area contributed by atoms with Gasteiger partial charge in [0.1, 0.15) is 0 Å². The highest BCUT2D eigenvalue weighted by atomic mass is 127. The van der Waals surface area contributed by atoms with Gasteiger partial charge in [-0.2, -0.15) is 0 Å². The minimum Gasteiger partial charge on any atom is -0.372 e. The van der Waals surface area contributed by atoms with Crippen LogP contribution in [0, 0.1) is 6.92 Å². The summed E-state index contributed by atoms with van der Waals surface area (Å²) in [5.74, 6) is 0.838. The van der Waals surface area contributed by atoms with Crippen molar-refractivity contribution in [2.75, 3.05) is 19.6 Å².